The van der Waals surface area contributed by atoms with Crippen LogP contribution < -0.4 is 5.32 Å². The monoisotopic (exact) mass is 372 g/mol. The molecule has 0 heterocycles. The number of carbonyl (C=O) groups is 1. The molecule has 8 heteroatoms. The number of nitro groups is 1. The largest absolute Gasteiger partial charge is 0.316 e. The van der Waals surface area contributed by atoms with E-state index in [4.69, 9.17) is 11.6 Å². The maximum atomic E-state index is 13.2. The molecule has 1 N–H and O–H groups in total. The molecule has 0 aromatic heterocycles. The molecule has 2 rings (SSSR count). The fourth-order valence-electron chi connectivity index (χ4n) is 1.63. The third-order valence-electron chi connectivity index (χ3n) is 2.58. The molecule has 5 nitrogen and oxygen atoms in total. The first-order chi connectivity index (χ1) is 9.88. The molecule has 0 unspecified atom stereocenters. The predicted molar refractivity (Wildman–Crippen MR) is 80.2 cm³/mol. The summed E-state index contributed by atoms with van der Waals surface area (Å²) in [6, 6.07) is 7.29. The fraction of sp³-hybridized carbons (Fsp3) is 0. The van der Waals surface area contributed by atoms with Crippen LogP contribution in [0.4, 0.5) is 15.8 Å². The molecule has 108 valence electrons. The number of hydrogen-bond donors (Lipinski definition) is 1. The van der Waals surface area contributed by atoms with E-state index in [9.17, 15) is 19.3 Å². The zero-order valence-electron chi connectivity index (χ0n) is 10.3. The summed E-state index contributed by atoms with van der Waals surface area (Å²) in [6.45, 7) is 0. The lowest BCUT2D eigenvalue weighted by molar-refractivity contribution is -0.384. The van der Waals surface area contributed by atoms with Crippen LogP contribution >= 0.6 is 27.5 Å². The molecule has 2 aromatic rings. The molecule has 0 atom stereocenters. The highest BCUT2D eigenvalue weighted by atomic mass is 79.9. The Hall–Kier alpha value is -1.99. The van der Waals surface area contributed by atoms with Gasteiger partial charge in [-0.25, -0.2) is 4.39 Å². The van der Waals surface area contributed by atoms with Crippen molar-refractivity contribution in [2.45, 2.75) is 0 Å². The Morgan fingerprint density at radius 2 is 2.00 bits per heavy atom. The lowest BCUT2D eigenvalue weighted by atomic mass is 10.2. The summed E-state index contributed by atoms with van der Waals surface area (Å²) in [5.41, 5.74) is -0.389. The minimum absolute atomic E-state index is 0.216. The number of nitrogens with one attached hydrogen (secondary N) is 1. The van der Waals surface area contributed by atoms with Crippen LogP contribution in [0.25, 0.3) is 0 Å². The van der Waals surface area contributed by atoms with Gasteiger partial charge in [0.05, 0.1) is 10.5 Å². The lowest BCUT2D eigenvalue weighted by Gasteiger charge is -2.08. The SMILES string of the molecule is O=C(Nc1cc(F)ccc1[N+](=O)[O-])c1ccc(Cl)cc1Br. The van der Waals surface area contributed by atoms with Crippen LogP contribution in [0.2, 0.25) is 5.02 Å². The van der Waals surface area contributed by atoms with Crippen molar-refractivity contribution in [3.8, 4) is 0 Å². The van der Waals surface area contributed by atoms with Crippen LogP contribution in [0.5, 0.6) is 0 Å². The second-order valence-corrected chi connectivity index (χ2v) is 5.29. The highest BCUT2D eigenvalue weighted by molar-refractivity contribution is 9.10. The van der Waals surface area contributed by atoms with Gasteiger partial charge in [0.1, 0.15) is 11.5 Å². The summed E-state index contributed by atoms with van der Waals surface area (Å²) in [5.74, 6) is -1.31. The molecule has 21 heavy (non-hydrogen) atoms. The average molecular weight is 374 g/mol. The van der Waals surface area contributed by atoms with Gasteiger partial charge in [0, 0.05) is 21.6 Å². The summed E-state index contributed by atoms with van der Waals surface area (Å²) in [4.78, 5) is 22.3. The maximum absolute atomic E-state index is 13.2. The van der Waals surface area contributed by atoms with Crippen molar-refractivity contribution in [2.24, 2.45) is 0 Å². The van der Waals surface area contributed by atoms with Crippen molar-refractivity contribution in [3.05, 3.63) is 67.4 Å². The molecule has 0 saturated carbocycles. The standard InChI is InChI=1S/C13H7BrClFN2O3/c14-10-5-7(15)1-3-9(10)13(19)17-11-6-8(16)2-4-12(11)18(20)21/h1-6H,(H,17,19). The van der Waals surface area contributed by atoms with Gasteiger partial charge in [-0.3, -0.25) is 14.9 Å². The number of halogens is 3. The molecule has 0 fully saturated rings. The van der Waals surface area contributed by atoms with E-state index >= 15 is 0 Å². The van der Waals surface area contributed by atoms with Gasteiger partial charge in [-0.2, -0.15) is 0 Å². The van der Waals surface area contributed by atoms with Crippen LogP contribution in [-0.2, 0) is 0 Å². The molecular formula is C13H7BrClFN2O3. The molecular weight excluding hydrogens is 367 g/mol. The average Bonchev–Trinajstić information content (AvgIpc) is 2.37. The zero-order valence-corrected chi connectivity index (χ0v) is 12.6. The first-order valence-electron chi connectivity index (χ1n) is 5.59. The predicted octanol–water partition coefficient (Wildman–Crippen LogP) is 4.40. The Morgan fingerprint density at radius 1 is 1.29 bits per heavy atom. The van der Waals surface area contributed by atoms with Crippen LogP contribution in [0.3, 0.4) is 0 Å². The van der Waals surface area contributed by atoms with Crippen LogP contribution in [0.1, 0.15) is 10.4 Å². The molecule has 0 spiro atoms. The van der Waals surface area contributed by atoms with Gasteiger partial charge >= 0.3 is 0 Å². The lowest BCUT2D eigenvalue weighted by Crippen LogP contribution is -2.14. The Labute approximate surface area is 132 Å². The van der Waals surface area contributed by atoms with Crippen molar-refractivity contribution >= 4 is 44.8 Å². The van der Waals surface area contributed by atoms with E-state index in [0.29, 0.717) is 9.50 Å². The second-order valence-electron chi connectivity index (χ2n) is 4.00. The van der Waals surface area contributed by atoms with Crippen LogP contribution in [0, 0.1) is 15.9 Å². The summed E-state index contributed by atoms with van der Waals surface area (Å²) in [6.07, 6.45) is 0. The van der Waals surface area contributed by atoms with Crippen molar-refractivity contribution in [3.63, 3.8) is 0 Å². The highest BCUT2D eigenvalue weighted by Gasteiger charge is 2.18. The van der Waals surface area contributed by atoms with Crippen LogP contribution in [-0.4, -0.2) is 10.8 Å². The first kappa shape index (κ1) is 15.4. The number of nitrogens with zero attached hydrogens (tertiary/aromatic N) is 1. The first-order valence-corrected chi connectivity index (χ1v) is 6.76. The number of benzene rings is 2. The Morgan fingerprint density at radius 3 is 2.62 bits per heavy atom. The summed E-state index contributed by atoms with van der Waals surface area (Å²) < 4.78 is 13.6. The zero-order chi connectivity index (χ0) is 15.6. The minimum atomic E-state index is -0.702. The summed E-state index contributed by atoms with van der Waals surface area (Å²) in [7, 11) is 0. The van der Waals surface area contributed by atoms with Gasteiger partial charge < -0.3 is 5.32 Å². The topological polar surface area (TPSA) is 72.2 Å². The number of rotatable bonds is 3. The van der Waals surface area contributed by atoms with Gasteiger partial charge in [-0.05, 0) is 40.2 Å². The highest BCUT2D eigenvalue weighted by Crippen LogP contribution is 2.27. The van der Waals surface area contributed by atoms with E-state index < -0.39 is 22.3 Å². The van der Waals surface area contributed by atoms with Gasteiger partial charge in [-0.15, -0.1) is 0 Å². The normalized spacial score (nSPS) is 10.2. The van der Waals surface area contributed by atoms with E-state index in [-0.39, 0.29) is 11.3 Å². The van der Waals surface area contributed by atoms with E-state index in [1.165, 1.54) is 18.2 Å². The molecule has 2 aromatic carbocycles. The molecule has 0 aliphatic carbocycles. The maximum Gasteiger partial charge on any atom is 0.292 e. The van der Waals surface area contributed by atoms with Crippen molar-refractivity contribution in [2.75, 3.05) is 5.32 Å². The van der Waals surface area contributed by atoms with E-state index in [1.54, 1.807) is 0 Å². The van der Waals surface area contributed by atoms with Crippen molar-refractivity contribution in [1.29, 1.82) is 0 Å². The second kappa shape index (κ2) is 6.19. The quantitative estimate of drug-likeness (QED) is 0.640. The Bertz CT molecular complexity index is 739. The molecule has 0 aliphatic rings. The number of anilines is 1. The van der Waals surface area contributed by atoms with E-state index in [2.05, 4.69) is 21.2 Å². The molecule has 0 bridgehead atoms. The van der Waals surface area contributed by atoms with E-state index in [1.807, 2.05) is 0 Å². The number of nitro benzene ring substituents is 1. The third-order valence-corrected chi connectivity index (χ3v) is 3.47. The smallest absolute Gasteiger partial charge is 0.292 e. The van der Waals surface area contributed by atoms with Gasteiger partial charge in [0.15, 0.2) is 0 Å². The third kappa shape index (κ3) is 3.56. The Kier molecular flexibility index (Phi) is 4.54. The van der Waals surface area contributed by atoms with Crippen molar-refractivity contribution < 1.29 is 14.1 Å². The molecule has 0 aliphatic heterocycles. The summed E-state index contributed by atoms with van der Waals surface area (Å²) >= 11 is 8.94. The number of amides is 1. The van der Waals surface area contributed by atoms with Gasteiger partial charge in [0.25, 0.3) is 11.6 Å². The van der Waals surface area contributed by atoms with E-state index in [0.717, 1.165) is 18.2 Å². The minimum Gasteiger partial charge on any atom is -0.316 e. The summed E-state index contributed by atoms with van der Waals surface area (Å²) in [5, 5.41) is 13.6. The van der Waals surface area contributed by atoms with Gasteiger partial charge in [0.2, 0.25) is 0 Å². The van der Waals surface area contributed by atoms with Gasteiger partial charge in [-0.1, -0.05) is 11.6 Å². The number of hydrogen-bond acceptors (Lipinski definition) is 3. The molecule has 0 saturated heterocycles. The Balaban J connectivity index is 2.35. The molecule has 0 radical (unpaired) electrons. The molecule has 1 amide bonds. The number of carbonyl (C=O) groups excluding carboxylic acids is 1. The fourth-order valence-corrected chi connectivity index (χ4v) is 2.49. The van der Waals surface area contributed by atoms with Crippen LogP contribution in [0.15, 0.2) is 40.9 Å². The van der Waals surface area contributed by atoms with Crippen molar-refractivity contribution in [1.82, 2.24) is 0 Å².